The van der Waals surface area contributed by atoms with Gasteiger partial charge in [0.15, 0.2) is 11.4 Å². The van der Waals surface area contributed by atoms with Crippen molar-refractivity contribution >= 4 is 0 Å². The van der Waals surface area contributed by atoms with Crippen LogP contribution in [0.4, 0.5) is 0 Å². The van der Waals surface area contributed by atoms with Gasteiger partial charge in [-0.15, -0.1) is 0 Å². The van der Waals surface area contributed by atoms with Crippen molar-refractivity contribution in [2.24, 2.45) is 0 Å². The molecule has 5 nitrogen and oxygen atoms in total. The summed E-state index contributed by atoms with van der Waals surface area (Å²) in [7, 11) is 1.60. The van der Waals surface area contributed by atoms with E-state index in [1.54, 1.807) is 19.2 Å². The number of benzene rings is 1. The topological polar surface area (TPSA) is 64.4 Å². The number of nitrogens with zero attached hydrogens (tertiary/aromatic N) is 2. The van der Waals surface area contributed by atoms with Gasteiger partial charge in [0, 0.05) is 13.2 Å². The van der Waals surface area contributed by atoms with Gasteiger partial charge in [-0.25, -0.2) is 0 Å². The van der Waals surface area contributed by atoms with E-state index in [1.165, 1.54) is 0 Å². The van der Waals surface area contributed by atoms with Gasteiger partial charge >= 0.3 is 0 Å². The van der Waals surface area contributed by atoms with Crippen molar-refractivity contribution < 1.29 is 14.2 Å². The Balaban J connectivity index is 2.01. The van der Waals surface area contributed by atoms with E-state index in [9.17, 15) is 0 Å². The second kappa shape index (κ2) is 7.88. The van der Waals surface area contributed by atoms with Gasteiger partial charge < -0.3 is 14.2 Å². The highest BCUT2D eigenvalue weighted by atomic mass is 16.5. The molecule has 2 rings (SSSR count). The number of pyridine rings is 1. The fourth-order valence-corrected chi connectivity index (χ4v) is 1.67. The molecule has 21 heavy (non-hydrogen) atoms. The summed E-state index contributed by atoms with van der Waals surface area (Å²) in [6.07, 6.45) is 0. The van der Waals surface area contributed by atoms with Crippen LogP contribution < -0.4 is 9.47 Å². The molecule has 0 fully saturated rings. The van der Waals surface area contributed by atoms with Crippen LogP contribution in [0.1, 0.15) is 11.3 Å². The summed E-state index contributed by atoms with van der Waals surface area (Å²) in [4.78, 5) is 4.11. The van der Waals surface area contributed by atoms with Gasteiger partial charge in [0.1, 0.15) is 19.3 Å². The zero-order chi connectivity index (χ0) is 14.9. The first-order chi connectivity index (χ1) is 10.3. The van der Waals surface area contributed by atoms with Crippen LogP contribution in [0, 0.1) is 11.3 Å². The smallest absolute Gasteiger partial charge is 0.214 e. The predicted molar refractivity (Wildman–Crippen MR) is 77.1 cm³/mol. The number of hydrogen-bond donors (Lipinski definition) is 0. The number of ether oxygens (including phenoxy) is 3. The Kier molecular flexibility index (Phi) is 5.56. The van der Waals surface area contributed by atoms with Crippen LogP contribution in [-0.4, -0.2) is 25.3 Å². The van der Waals surface area contributed by atoms with Crippen LogP contribution in [0.3, 0.4) is 0 Å². The molecule has 0 N–H and O–H groups in total. The van der Waals surface area contributed by atoms with Gasteiger partial charge in [0.2, 0.25) is 5.88 Å². The van der Waals surface area contributed by atoms with Crippen molar-refractivity contribution in [2.45, 2.75) is 6.61 Å². The highest BCUT2D eigenvalue weighted by molar-refractivity contribution is 5.39. The molecular weight excluding hydrogens is 268 g/mol. The van der Waals surface area contributed by atoms with Crippen LogP contribution in [0.2, 0.25) is 0 Å². The monoisotopic (exact) mass is 284 g/mol. The van der Waals surface area contributed by atoms with Crippen LogP contribution in [-0.2, 0) is 11.3 Å². The second-order valence-electron chi connectivity index (χ2n) is 4.22. The lowest BCUT2D eigenvalue weighted by atomic mass is 10.2. The highest BCUT2D eigenvalue weighted by Gasteiger charge is 2.08. The molecule has 0 unspecified atom stereocenters. The Morgan fingerprint density at radius 2 is 1.86 bits per heavy atom. The van der Waals surface area contributed by atoms with E-state index in [4.69, 9.17) is 19.5 Å². The zero-order valence-corrected chi connectivity index (χ0v) is 11.8. The van der Waals surface area contributed by atoms with Gasteiger partial charge in [-0.2, -0.15) is 10.2 Å². The third kappa shape index (κ3) is 4.48. The van der Waals surface area contributed by atoms with Crippen molar-refractivity contribution in [2.75, 3.05) is 20.3 Å². The van der Waals surface area contributed by atoms with Crippen molar-refractivity contribution in [3.8, 4) is 17.7 Å². The molecule has 1 aromatic carbocycles. The lowest BCUT2D eigenvalue weighted by molar-refractivity contribution is 0.143. The summed E-state index contributed by atoms with van der Waals surface area (Å²) < 4.78 is 15.9. The summed E-state index contributed by atoms with van der Waals surface area (Å²) in [5, 5.41) is 9.14. The quantitative estimate of drug-likeness (QED) is 0.731. The fourth-order valence-electron chi connectivity index (χ4n) is 1.67. The minimum absolute atomic E-state index is 0.209. The van der Waals surface area contributed by atoms with E-state index in [-0.39, 0.29) is 5.69 Å². The summed E-state index contributed by atoms with van der Waals surface area (Å²) in [6.45, 7) is 1.25. The molecule has 0 amide bonds. The molecule has 0 aliphatic rings. The third-order valence-corrected chi connectivity index (χ3v) is 2.71. The first kappa shape index (κ1) is 14.8. The first-order valence-corrected chi connectivity index (χ1v) is 6.53. The minimum Gasteiger partial charge on any atom is -0.486 e. The molecule has 0 saturated carbocycles. The average Bonchev–Trinajstić information content (AvgIpc) is 2.54. The molecule has 0 aliphatic carbocycles. The van der Waals surface area contributed by atoms with Crippen molar-refractivity contribution in [3.63, 3.8) is 0 Å². The average molecular weight is 284 g/mol. The van der Waals surface area contributed by atoms with Crippen LogP contribution in [0.5, 0.6) is 11.6 Å². The minimum atomic E-state index is 0.209. The maximum atomic E-state index is 9.14. The standard InChI is InChI=1S/C16H16N2O3/c1-19-9-10-20-16-8-7-15(14(11-17)18-16)21-12-13-5-3-2-4-6-13/h2-8H,9-10,12H2,1H3. The highest BCUT2D eigenvalue weighted by Crippen LogP contribution is 2.20. The first-order valence-electron chi connectivity index (χ1n) is 6.53. The van der Waals surface area contributed by atoms with E-state index < -0.39 is 0 Å². The van der Waals surface area contributed by atoms with Crippen molar-refractivity contribution in [1.29, 1.82) is 5.26 Å². The molecule has 0 bridgehead atoms. The van der Waals surface area contributed by atoms with Gasteiger partial charge in [-0.3, -0.25) is 0 Å². The molecule has 0 aliphatic heterocycles. The summed E-state index contributed by atoms with van der Waals surface area (Å²) >= 11 is 0. The van der Waals surface area contributed by atoms with Crippen molar-refractivity contribution in [3.05, 3.63) is 53.7 Å². The number of hydrogen-bond acceptors (Lipinski definition) is 5. The van der Waals surface area contributed by atoms with E-state index >= 15 is 0 Å². The van der Waals surface area contributed by atoms with E-state index in [1.807, 2.05) is 36.4 Å². The van der Waals surface area contributed by atoms with E-state index in [0.717, 1.165) is 5.56 Å². The fraction of sp³-hybridized carbons (Fsp3) is 0.250. The lowest BCUT2D eigenvalue weighted by Crippen LogP contribution is -2.06. The maximum Gasteiger partial charge on any atom is 0.214 e. The zero-order valence-electron chi connectivity index (χ0n) is 11.8. The second-order valence-corrected chi connectivity index (χ2v) is 4.22. The summed E-state index contributed by atoms with van der Waals surface area (Å²) in [5.41, 5.74) is 1.24. The number of nitriles is 1. The molecule has 5 heteroatoms. The van der Waals surface area contributed by atoms with Crippen LogP contribution >= 0.6 is 0 Å². The Bertz CT molecular complexity index is 609. The molecule has 0 saturated heterocycles. The Morgan fingerprint density at radius 3 is 2.57 bits per heavy atom. The molecule has 0 radical (unpaired) electrons. The molecule has 0 spiro atoms. The molecule has 2 aromatic rings. The molecule has 1 aromatic heterocycles. The van der Waals surface area contributed by atoms with E-state index in [2.05, 4.69) is 4.98 Å². The third-order valence-electron chi connectivity index (χ3n) is 2.71. The van der Waals surface area contributed by atoms with E-state index in [0.29, 0.717) is 31.5 Å². The van der Waals surface area contributed by atoms with Crippen LogP contribution in [0.15, 0.2) is 42.5 Å². The lowest BCUT2D eigenvalue weighted by Gasteiger charge is -2.09. The number of rotatable bonds is 7. The van der Waals surface area contributed by atoms with Gasteiger partial charge in [0.25, 0.3) is 0 Å². The number of aromatic nitrogens is 1. The SMILES string of the molecule is COCCOc1ccc(OCc2ccccc2)c(C#N)n1. The predicted octanol–water partition coefficient (Wildman–Crippen LogP) is 2.56. The Morgan fingerprint density at radius 1 is 1.05 bits per heavy atom. The maximum absolute atomic E-state index is 9.14. The Hall–Kier alpha value is -2.58. The normalized spacial score (nSPS) is 9.90. The number of methoxy groups -OCH3 is 1. The molecular formula is C16H16N2O3. The molecule has 1 heterocycles. The largest absolute Gasteiger partial charge is 0.486 e. The summed E-state index contributed by atoms with van der Waals surface area (Å²) in [5.74, 6) is 0.830. The van der Waals surface area contributed by atoms with Gasteiger partial charge in [-0.05, 0) is 11.6 Å². The van der Waals surface area contributed by atoms with Gasteiger partial charge in [-0.1, -0.05) is 30.3 Å². The Labute approximate surface area is 123 Å². The van der Waals surface area contributed by atoms with Gasteiger partial charge in [0.05, 0.1) is 6.61 Å². The van der Waals surface area contributed by atoms with Crippen LogP contribution in [0.25, 0.3) is 0 Å². The molecule has 0 atom stereocenters. The summed E-state index contributed by atoms with van der Waals surface area (Å²) in [6, 6.07) is 15.1. The molecule has 108 valence electrons. The van der Waals surface area contributed by atoms with Crippen molar-refractivity contribution in [1.82, 2.24) is 4.98 Å².